The molecule has 7 nitrogen and oxygen atoms in total. The molecule has 1 atom stereocenters. The third kappa shape index (κ3) is 5.99. The fourth-order valence-corrected chi connectivity index (χ4v) is 5.86. The molecule has 0 saturated heterocycles. The monoisotopic (exact) mass is 588 g/mol. The van der Waals surface area contributed by atoms with E-state index in [-0.39, 0.29) is 5.57 Å². The van der Waals surface area contributed by atoms with Gasteiger partial charge in [0, 0.05) is 5.02 Å². The first-order valence-electron chi connectivity index (χ1n) is 13.4. The third-order valence-corrected chi connectivity index (χ3v) is 7.84. The van der Waals surface area contributed by atoms with Gasteiger partial charge in [0.05, 0.1) is 35.0 Å². The lowest BCUT2D eigenvalue weighted by molar-refractivity contribution is -0.117. The molecule has 1 amide bonds. The number of carbonyl (C=O) groups is 2. The molecule has 1 unspecified atom stereocenters. The Hall–Kier alpha value is -4.14. The molecule has 9 heteroatoms. The number of aromatic nitrogens is 1. The van der Waals surface area contributed by atoms with Crippen LogP contribution in [0.5, 0.6) is 11.5 Å². The molecule has 0 saturated carbocycles. The molecule has 5 rings (SSSR count). The lowest BCUT2D eigenvalue weighted by atomic mass is 9.95. The first-order valence-corrected chi connectivity index (χ1v) is 14.6. The normalized spacial score (nSPS) is 15.3. The molecule has 41 heavy (non-hydrogen) atoms. The zero-order valence-corrected chi connectivity index (χ0v) is 24.2. The number of aliphatic hydroxyl groups excluding tert-OH is 1. The summed E-state index contributed by atoms with van der Waals surface area (Å²) in [4.78, 5) is 33.2. The Morgan fingerprint density at radius 2 is 1.88 bits per heavy atom. The molecule has 210 valence electrons. The fraction of sp³-hybridized carbons (Fsp3) is 0.219. The number of rotatable bonds is 11. The van der Waals surface area contributed by atoms with Crippen molar-refractivity contribution >= 4 is 56.1 Å². The smallest absolute Gasteiger partial charge is 0.296 e. The average molecular weight is 589 g/mol. The molecule has 0 fully saturated rings. The molecule has 4 aromatic rings. The second-order valence-corrected chi connectivity index (χ2v) is 10.8. The van der Waals surface area contributed by atoms with Crippen LogP contribution in [-0.2, 0) is 9.59 Å². The average Bonchev–Trinajstić information content (AvgIpc) is 3.50. The van der Waals surface area contributed by atoms with Crippen molar-refractivity contribution < 1.29 is 24.2 Å². The SMILES string of the molecule is CCCCOc1ccc(C2C(C(=O)/C=C/c3ccccc3)=C(O)C(=O)N2c2nc3ccc(Cl)cc3s2)cc1OCC. The number of hydrogen-bond donors (Lipinski definition) is 1. The van der Waals surface area contributed by atoms with Crippen LogP contribution < -0.4 is 14.4 Å². The maximum atomic E-state index is 13.6. The van der Waals surface area contributed by atoms with E-state index in [1.54, 1.807) is 42.5 Å². The van der Waals surface area contributed by atoms with Crippen molar-refractivity contribution in [3.05, 3.63) is 100 Å². The van der Waals surface area contributed by atoms with Crippen molar-refractivity contribution in [2.45, 2.75) is 32.7 Å². The van der Waals surface area contributed by atoms with Gasteiger partial charge in [0.25, 0.3) is 5.91 Å². The standard InChI is InChI=1S/C32H29ClN2O5S/c1-3-5-17-40-25-16-12-21(18-26(25)39-4-2)29-28(24(36)15-11-20-9-7-6-8-10-20)30(37)31(38)35(29)32-34-23-14-13-22(33)19-27(23)41-32/h6-16,18-19,29,37H,3-5,17H2,1-2H3/b15-11+. The highest BCUT2D eigenvalue weighted by Crippen LogP contribution is 2.45. The van der Waals surface area contributed by atoms with Crippen LogP contribution in [0, 0.1) is 0 Å². The highest BCUT2D eigenvalue weighted by atomic mass is 35.5. The second kappa shape index (κ2) is 12.6. The van der Waals surface area contributed by atoms with Gasteiger partial charge in [-0.2, -0.15) is 0 Å². The number of anilines is 1. The van der Waals surface area contributed by atoms with Gasteiger partial charge in [-0.25, -0.2) is 4.98 Å². The van der Waals surface area contributed by atoms with Crippen LogP contribution in [0.4, 0.5) is 5.13 Å². The summed E-state index contributed by atoms with van der Waals surface area (Å²) in [5.74, 6) is -0.756. The largest absolute Gasteiger partial charge is 0.503 e. The molecule has 0 aliphatic carbocycles. The lowest BCUT2D eigenvalue weighted by Crippen LogP contribution is -2.30. The molecule has 1 aliphatic heterocycles. The summed E-state index contributed by atoms with van der Waals surface area (Å²) in [5.41, 5.74) is 2.00. The van der Waals surface area contributed by atoms with E-state index in [2.05, 4.69) is 11.9 Å². The van der Waals surface area contributed by atoms with Crippen molar-refractivity contribution in [1.82, 2.24) is 4.98 Å². The predicted molar refractivity (Wildman–Crippen MR) is 163 cm³/mol. The van der Waals surface area contributed by atoms with Gasteiger partial charge in [0.15, 0.2) is 28.2 Å². The number of nitrogens with zero attached hydrogens (tertiary/aromatic N) is 2. The quantitative estimate of drug-likeness (QED) is 0.143. The Balaban J connectivity index is 1.60. The van der Waals surface area contributed by atoms with E-state index < -0.39 is 23.5 Å². The number of halogens is 1. The number of allylic oxidation sites excluding steroid dienone is 1. The second-order valence-electron chi connectivity index (χ2n) is 9.40. The molecular weight excluding hydrogens is 560 g/mol. The van der Waals surface area contributed by atoms with E-state index in [0.29, 0.717) is 45.9 Å². The number of ether oxygens (including phenoxy) is 2. The summed E-state index contributed by atoms with van der Waals surface area (Å²) in [6, 6.07) is 19.0. The summed E-state index contributed by atoms with van der Waals surface area (Å²) in [7, 11) is 0. The van der Waals surface area contributed by atoms with Crippen molar-refractivity contribution in [3.8, 4) is 11.5 Å². The number of aliphatic hydroxyl groups is 1. The van der Waals surface area contributed by atoms with E-state index in [9.17, 15) is 14.7 Å². The maximum absolute atomic E-state index is 13.6. The number of amides is 1. The van der Waals surface area contributed by atoms with E-state index in [1.165, 1.54) is 22.3 Å². The molecular formula is C32H29ClN2O5S. The highest BCUT2D eigenvalue weighted by molar-refractivity contribution is 7.22. The molecule has 1 aliphatic rings. The Labute approximate surface area is 247 Å². The summed E-state index contributed by atoms with van der Waals surface area (Å²) in [5, 5.41) is 12.0. The van der Waals surface area contributed by atoms with Gasteiger partial charge in [-0.15, -0.1) is 0 Å². The molecule has 3 aromatic carbocycles. The van der Waals surface area contributed by atoms with E-state index in [0.717, 1.165) is 23.1 Å². The molecule has 0 bridgehead atoms. The Morgan fingerprint density at radius 3 is 2.63 bits per heavy atom. The summed E-state index contributed by atoms with van der Waals surface area (Å²) in [6.07, 6.45) is 4.90. The Bertz CT molecular complexity index is 1650. The number of carbonyl (C=O) groups excluding carboxylic acids is 2. The van der Waals surface area contributed by atoms with E-state index in [4.69, 9.17) is 21.1 Å². The zero-order valence-electron chi connectivity index (χ0n) is 22.7. The highest BCUT2D eigenvalue weighted by Gasteiger charge is 2.45. The summed E-state index contributed by atoms with van der Waals surface area (Å²) < 4.78 is 12.6. The number of unbranched alkanes of at least 4 members (excludes halogenated alkanes) is 1. The first kappa shape index (κ1) is 28.4. The summed E-state index contributed by atoms with van der Waals surface area (Å²) in [6.45, 7) is 4.88. The van der Waals surface area contributed by atoms with Crippen molar-refractivity contribution in [2.75, 3.05) is 18.1 Å². The maximum Gasteiger partial charge on any atom is 0.296 e. The van der Waals surface area contributed by atoms with Gasteiger partial charge in [-0.3, -0.25) is 14.5 Å². The molecule has 1 N–H and O–H groups in total. The van der Waals surface area contributed by atoms with Crippen molar-refractivity contribution in [2.24, 2.45) is 0 Å². The molecule has 1 aromatic heterocycles. The predicted octanol–water partition coefficient (Wildman–Crippen LogP) is 7.71. The van der Waals surface area contributed by atoms with Gasteiger partial charge in [-0.1, -0.05) is 78.8 Å². The topological polar surface area (TPSA) is 89.0 Å². The van der Waals surface area contributed by atoms with Crippen LogP contribution >= 0.6 is 22.9 Å². The van der Waals surface area contributed by atoms with Crippen molar-refractivity contribution in [1.29, 1.82) is 0 Å². The number of fused-ring (bicyclic) bond motifs is 1. The number of benzene rings is 3. The minimum atomic E-state index is -0.949. The van der Waals surface area contributed by atoms with Gasteiger partial charge in [0.1, 0.15) is 0 Å². The van der Waals surface area contributed by atoms with Gasteiger partial charge in [0.2, 0.25) is 0 Å². The fourth-order valence-electron chi connectivity index (χ4n) is 4.59. The van der Waals surface area contributed by atoms with Crippen LogP contribution in [0.25, 0.3) is 16.3 Å². The molecule has 2 heterocycles. The summed E-state index contributed by atoms with van der Waals surface area (Å²) >= 11 is 7.45. The van der Waals surface area contributed by atoms with Crippen LogP contribution in [0.3, 0.4) is 0 Å². The van der Waals surface area contributed by atoms with Crippen LogP contribution in [0.2, 0.25) is 5.02 Å². The van der Waals surface area contributed by atoms with Crippen LogP contribution in [-0.4, -0.2) is 35.0 Å². The molecule has 0 radical (unpaired) electrons. The van der Waals surface area contributed by atoms with Crippen molar-refractivity contribution in [3.63, 3.8) is 0 Å². The minimum Gasteiger partial charge on any atom is -0.503 e. The van der Waals surface area contributed by atoms with Gasteiger partial charge in [-0.05, 0) is 60.9 Å². The third-order valence-electron chi connectivity index (χ3n) is 6.58. The van der Waals surface area contributed by atoms with Crippen LogP contribution in [0.15, 0.2) is 84.1 Å². The van der Waals surface area contributed by atoms with E-state index >= 15 is 0 Å². The Morgan fingerprint density at radius 1 is 1.07 bits per heavy atom. The number of ketones is 1. The Kier molecular flexibility index (Phi) is 8.71. The van der Waals surface area contributed by atoms with E-state index in [1.807, 2.05) is 37.3 Å². The number of thiazole rings is 1. The minimum absolute atomic E-state index is 0.0402. The zero-order chi connectivity index (χ0) is 28.9. The molecule has 0 spiro atoms. The number of hydrogen-bond acceptors (Lipinski definition) is 7. The first-order chi connectivity index (χ1) is 19.9. The lowest BCUT2D eigenvalue weighted by Gasteiger charge is -2.25. The van der Waals surface area contributed by atoms with Gasteiger partial charge < -0.3 is 14.6 Å². The van der Waals surface area contributed by atoms with Gasteiger partial charge >= 0.3 is 0 Å². The van der Waals surface area contributed by atoms with Crippen LogP contribution in [0.1, 0.15) is 43.9 Å².